The molecule has 0 spiro atoms. The number of carboxylic acids is 1. The number of likely N-dealkylation sites (tertiary alicyclic amines) is 1. The van der Waals surface area contributed by atoms with Gasteiger partial charge in [0.25, 0.3) is 0 Å². The van der Waals surface area contributed by atoms with E-state index >= 15 is 0 Å². The van der Waals surface area contributed by atoms with E-state index in [4.69, 9.17) is 9.84 Å². The van der Waals surface area contributed by atoms with Crippen LogP contribution in [0.15, 0.2) is 30.3 Å². The van der Waals surface area contributed by atoms with Crippen LogP contribution < -0.4 is 10.1 Å². The van der Waals surface area contributed by atoms with Crippen LogP contribution in [0.5, 0.6) is 5.75 Å². The minimum absolute atomic E-state index is 0.0152. The number of piperidine rings is 1. The Morgan fingerprint density at radius 2 is 1.85 bits per heavy atom. The highest BCUT2D eigenvalue weighted by Gasteiger charge is 2.32. The molecule has 1 fully saturated rings. The Hall–Kier alpha value is -2.61. The number of aliphatic carboxylic acids is 1. The van der Waals surface area contributed by atoms with E-state index < -0.39 is 11.6 Å². The molecule has 3 N–H and O–H groups in total. The summed E-state index contributed by atoms with van der Waals surface area (Å²) in [6, 6.07) is 9.28. The molecule has 0 aliphatic carbocycles. The van der Waals surface area contributed by atoms with Gasteiger partial charge in [-0.1, -0.05) is 18.2 Å². The molecule has 2 amide bonds. The average molecular weight is 378 g/mol. The van der Waals surface area contributed by atoms with Crippen molar-refractivity contribution in [2.45, 2.75) is 31.8 Å². The van der Waals surface area contributed by atoms with Crippen molar-refractivity contribution >= 4 is 17.8 Å². The van der Waals surface area contributed by atoms with E-state index in [9.17, 15) is 19.5 Å². The summed E-state index contributed by atoms with van der Waals surface area (Å²) in [5.74, 6) is -1.27. The number of hydrogen-bond acceptors (Lipinski definition) is 5. The number of rotatable bonds is 8. The number of carbonyl (C=O) groups excluding carboxylic acids is 2. The van der Waals surface area contributed by atoms with Crippen LogP contribution in [0, 0.1) is 5.92 Å². The molecule has 1 heterocycles. The summed E-state index contributed by atoms with van der Waals surface area (Å²) in [4.78, 5) is 36.9. The van der Waals surface area contributed by atoms with E-state index in [1.165, 1.54) is 0 Å². The molecular weight excluding hydrogens is 352 g/mol. The van der Waals surface area contributed by atoms with E-state index in [0.717, 1.165) is 12.7 Å². The molecule has 0 saturated carbocycles. The lowest BCUT2D eigenvalue weighted by atomic mass is 9.95. The number of benzene rings is 1. The van der Waals surface area contributed by atoms with Crippen LogP contribution in [0.1, 0.15) is 26.2 Å². The summed E-state index contributed by atoms with van der Waals surface area (Å²) in [6.45, 7) is 2.02. The molecule has 0 aromatic heterocycles. The number of para-hydroxylation sites is 1. The largest absolute Gasteiger partial charge is 0.493 e. The van der Waals surface area contributed by atoms with Crippen LogP contribution >= 0.6 is 0 Å². The lowest BCUT2D eigenvalue weighted by Crippen LogP contribution is -2.49. The van der Waals surface area contributed by atoms with Crippen LogP contribution in [0.3, 0.4) is 0 Å². The molecule has 1 aliphatic rings. The van der Waals surface area contributed by atoms with Gasteiger partial charge >= 0.3 is 5.97 Å². The lowest BCUT2D eigenvalue weighted by Gasteiger charge is -2.32. The maximum atomic E-state index is 12.2. The number of nitrogens with one attached hydrogen (secondary N) is 1. The van der Waals surface area contributed by atoms with Crippen molar-refractivity contribution < 1.29 is 29.3 Å². The molecule has 1 atom stereocenters. The van der Waals surface area contributed by atoms with E-state index in [-0.39, 0.29) is 30.7 Å². The van der Waals surface area contributed by atoms with Crippen molar-refractivity contribution in [3.63, 3.8) is 0 Å². The first-order valence-electron chi connectivity index (χ1n) is 8.98. The van der Waals surface area contributed by atoms with E-state index in [2.05, 4.69) is 5.32 Å². The summed E-state index contributed by atoms with van der Waals surface area (Å²) >= 11 is 0. The minimum Gasteiger partial charge on any atom is -0.493 e. The van der Waals surface area contributed by atoms with E-state index in [1.54, 1.807) is 4.90 Å². The van der Waals surface area contributed by atoms with Crippen molar-refractivity contribution in [2.24, 2.45) is 5.92 Å². The first-order valence-corrected chi connectivity index (χ1v) is 8.98. The number of ether oxygens (including phenoxy) is 1. The minimum atomic E-state index is -1.99. The number of aliphatic hydroxyl groups is 1. The SMILES string of the molecule is CC(O)(CNC(=O)C1CCN(C(=O)CCOc2ccccc2)CC1)C(=O)O. The highest BCUT2D eigenvalue weighted by molar-refractivity contribution is 5.82. The summed E-state index contributed by atoms with van der Waals surface area (Å²) in [5, 5.41) is 21.0. The predicted molar refractivity (Wildman–Crippen MR) is 97.1 cm³/mol. The lowest BCUT2D eigenvalue weighted by molar-refractivity contribution is -0.156. The molecule has 1 aromatic rings. The van der Waals surface area contributed by atoms with Gasteiger partial charge in [0, 0.05) is 19.0 Å². The maximum Gasteiger partial charge on any atom is 0.337 e. The normalized spacial score (nSPS) is 17.0. The van der Waals surface area contributed by atoms with Gasteiger partial charge in [0.05, 0.1) is 19.6 Å². The first-order chi connectivity index (χ1) is 12.8. The van der Waals surface area contributed by atoms with Gasteiger partial charge in [-0.25, -0.2) is 4.79 Å². The van der Waals surface area contributed by atoms with Crippen molar-refractivity contribution in [1.29, 1.82) is 0 Å². The van der Waals surface area contributed by atoms with Crippen LogP contribution in [-0.4, -0.2) is 64.7 Å². The number of carbonyl (C=O) groups is 3. The second kappa shape index (κ2) is 9.36. The highest BCUT2D eigenvalue weighted by Crippen LogP contribution is 2.18. The number of amides is 2. The van der Waals surface area contributed by atoms with E-state index in [1.807, 2.05) is 30.3 Å². The quantitative estimate of drug-likeness (QED) is 0.612. The summed E-state index contributed by atoms with van der Waals surface area (Å²) in [7, 11) is 0. The molecule has 1 unspecified atom stereocenters. The number of carboxylic acid groups (broad SMARTS) is 1. The molecule has 0 radical (unpaired) electrons. The smallest absolute Gasteiger partial charge is 0.337 e. The number of nitrogens with zero attached hydrogens (tertiary/aromatic N) is 1. The van der Waals surface area contributed by atoms with Gasteiger partial charge in [0.1, 0.15) is 5.75 Å². The Morgan fingerprint density at radius 3 is 2.44 bits per heavy atom. The van der Waals surface area contributed by atoms with Gasteiger partial charge in [0.15, 0.2) is 5.60 Å². The topological polar surface area (TPSA) is 116 Å². The second-order valence-electron chi connectivity index (χ2n) is 6.86. The third-order valence-electron chi connectivity index (χ3n) is 4.61. The number of hydrogen-bond donors (Lipinski definition) is 3. The van der Waals surface area contributed by atoms with Gasteiger partial charge < -0.3 is 25.2 Å². The fourth-order valence-electron chi connectivity index (χ4n) is 2.80. The average Bonchev–Trinajstić information content (AvgIpc) is 2.67. The fraction of sp³-hybridized carbons (Fsp3) is 0.526. The molecule has 27 heavy (non-hydrogen) atoms. The highest BCUT2D eigenvalue weighted by atomic mass is 16.5. The zero-order valence-electron chi connectivity index (χ0n) is 15.4. The van der Waals surface area contributed by atoms with Gasteiger partial charge in [-0.2, -0.15) is 0 Å². The molecule has 8 nitrogen and oxygen atoms in total. The van der Waals surface area contributed by atoms with Crippen LogP contribution in [0.25, 0.3) is 0 Å². The zero-order chi connectivity index (χ0) is 19.9. The van der Waals surface area contributed by atoms with Crippen molar-refractivity contribution in [2.75, 3.05) is 26.2 Å². The Kier molecular flexibility index (Phi) is 7.18. The van der Waals surface area contributed by atoms with Gasteiger partial charge in [-0.05, 0) is 31.9 Å². The molecule has 1 aliphatic heterocycles. The first kappa shape index (κ1) is 20.7. The third-order valence-corrected chi connectivity index (χ3v) is 4.61. The van der Waals surface area contributed by atoms with Crippen LogP contribution in [0.2, 0.25) is 0 Å². The maximum absolute atomic E-state index is 12.2. The molecule has 0 bridgehead atoms. The summed E-state index contributed by atoms with van der Waals surface area (Å²) in [5.41, 5.74) is -1.99. The summed E-state index contributed by atoms with van der Waals surface area (Å²) < 4.78 is 5.53. The van der Waals surface area contributed by atoms with Gasteiger partial charge in [0.2, 0.25) is 11.8 Å². The standard InChI is InChI=1S/C19H26N2O6/c1-19(26,18(24)25)13-20-17(23)14-7-10-21(11-8-14)16(22)9-12-27-15-5-3-2-4-6-15/h2-6,14,26H,7-13H2,1H3,(H,20,23)(H,24,25). The van der Waals surface area contributed by atoms with Crippen molar-refractivity contribution in [1.82, 2.24) is 10.2 Å². The Labute approximate surface area is 158 Å². The van der Waals surface area contributed by atoms with Crippen LogP contribution in [-0.2, 0) is 14.4 Å². The van der Waals surface area contributed by atoms with Crippen LogP contribution in [0.4, 0.5) is 0 Å². The molecule has 1 aromatic carbocycles. The third kappa shape index (κ3) is 6.25. The van der Waals surface area contributed by atoms with Gasteiger partial charge in [-0.3, -0.25) is 9.59 Å². The predicted octanol–water partition coefficient (Wildman–Crippen LogP) is 0.646. The molecular formula is C19H26N2O6. The molecule has 148 valence electrons. The Morgan fingerprint density at radius 1 is 1.22 bits per heavy atom. The summed E-state index contributed by atoms with van der Waals surface area (Å²) in [6.07, 6.45) is 1.28. The fourth-order valence-corrected chi connectivity index (χ4v) is 2.80. The van der Waals surface area contributed by atoms with Crippen molar-refractivity contribution in [3.05, 3.63) is 30.3 Å². The Bertz CT molecular complexity index is 653. The zero-order valence-corrected chi connectivity index (χ0v) is 15.4. The molecule has 1 saturated heterocycles. The second-order valence-corrected chi connectivity index (χ2v) is 6.86. The van der Waals surface area contributed by atoms with Crippen molar-refractivity contribution in [3.8, 4) is 5.75 Å². The van der Waals surface area contributed by atoms with E-state index in [0.29, 0.717) is 32.5 Å². The monoisotopic (exact) mass is 378 g/mol. The Balaban J connectivity index is 1.68. The molecule has 8 heteroatoms. The molecule has 2 rings (SSSR count). The van der Waals surface area contributed by atoms with Gasteiger partial charge in [-0.15, -0.1) is 0 Å².